The first-order valence-corrected chi connectivity index (χ1v) is 17.3. The molecule has 5 nitrogen and oxygen atoms in total. The van der Waals surface area contributed by atoms with E-state index in [2.05, 4.69) is 128 Å². The second-order valence-electron chi connectivity index (χ2n) is 16.4. The first-order chi connectivity index (χ1) is 20.9. The highest BCUT2D eigenvalue weighted by Crippen LogP contribution is 2.66. The van der Waals surface area contributed by atoms with Crippen molar-refractivity contribution in [2.75, 3.05) is 6.61 Å². The molecular weight excluding hydrogens is 560 g/mol. The van der Waals surface area contributed by atoms with Crippen molar-refractivity contribution in [1.82, 2.24) is 0 Å². The SMILES string of the molecule is CC(/C=C/C=C/C(C)C/C=C/C(/C=C\[C@@]12O[C@]1(C)C[C@@H](O)CC2(C)C)CO)/C=C/CC(C)C=CC1C(C)(C)C[C@H](O)C[C@@]1(C)O. The van der Waals surface area contributed by atoms with E-state index in [1.165, 1.54) is 0 Å². The minimum absolute atomic E-state index is 0.0267. The molecule has 4 N–H and O–H groups in total. The van der Waals surface area contributed by atoms with Gasteiger partial charge < -0.3 is 25.2 Å². The molecule has 0 aromatic heterocycles. The van der Waals surface area contributed by atoms with Gasteiger partial charge in [0.25, 0.3) is 0 Å². The lowest BCUT2D eigenvalue weighted by atomic mass is 9.61. The molecule has 254 valence electrons. The summed E-state index contributed by atoms with van der Waals surface area (Å²) in [6, 6.07) is 0. The maximum atomic E-state index is 10.9. The third-order valence-electron chi connectivity index (χ3n) is 10.7. The molecule has 1 aliphatic heterocycles. The van der Waals surface area contributed by atoms with Crippen LogP contribution in [0.2, 0.25) is 0 Å². The topological polar surface area (TPSA) is 93.5 Å². The number of aliphatic hydroxyl groups is 4. The molecule has 5 unspecified atom stereocenters. The summed E-state index contributed by atoms with van der Waals surface area (Å²) in [7, 11) is 0. The van der Waals surface area contributed by atoms with Crippen molar-refractivity contribution in [1.29, 1.82) is 0 Å². The standard InChI is InChI=1S/C40H64O5/c1-29(16-12-17-31(3)20-21-35-36(4,5)24-33(42)26-38(35,8)44)14-10-11-15-30(2)18-13-19-32(28-41)22-23-40-37(6,7)25-34(43)27-39(40,9)45-40/h10-16,19-23,29-35,41-44H,17-18,24-28H2,1-9H3/b14-10+,15-11+,16-12+,19-13+,21-20?,23-22-/t29?,30?,31?,32?,33-,34-,35?,38+,39+,40-/m0/s1. The van der Waals surface area contributed by atoms with E-state index in [0.717, 1.165) is 19.3 Å². The van der Waals surface area contributed by atoms with Crippen LogP contribution in [0, 0.1) is 40.4 Å². The molecular formula is C40H64O5. The number of hydrogen-bond acceptors (Lipinski definition) is 5. The Hall–Kier alpha value is -1.76. The van der Waals surface area contributed by atoms with Gasteiger partial charge in [0.2, 0.25) is 0 Å². The average Bonchev–Trinajstić information content (AvgIpc) is 3.52. The van der Waals surface area contributed by atoms with Crippen molar-refractivity contribution in [2.45, 2.75) is 130 Å². The maximum absolute atomic E-state index is 10.9. The van der Waals surface area contributed by atoms with E-state index in [-0.39, 0.29) is 46.6 Å². The van der Waals surface area contributed by atoms with Gasteiger partial charge in [0.1, 0.15) is 11.2 Å². The Morgan fingerprint density at radius 3 is 1.96 bits per heavy atom. The van der Waals surface area contributed by atoms with Gasteiger partial charge in [0.15, 0.2) is 0 Å². The van der Waals surface area contributed by atoms with Crippen molar-refractivity contribution < 1.29 is 25.2 Å². The summed E-state index contributed by atoms with van der Waals surface area (Å²) in [5.41, 5.74) is -1.88. The Morgan fingerprint density at radius 1 is 0.733 bits per heavy atom. The van der Waals surface area contributed by atoms with Crippen LogP contribution in [0.1, 0.15) is 101 Å². The first kappa shape index (κ1) is 37.7. The van der Waals surface area contributed by atoms with Crippen LogP contribution in [0.5, 0.6) is 0 Å². The second kappa shape index (κ2) is 15.0. The number of fused-ring (bicyclic) bond motifs is 1. The van der Waals surface area contributed by atoms with Gasteiger partial charge in [0.05, 0.1) is 24.4 Å². The molecule has 1 heterocycles. The van der Waals surface area contributed by atoms with E-state index in [9.17, 15) is 20.4 Å². The molecule has 2 saturated carbocycles. The number of allylic oxidation sites excluding steroid dienone is 8. The van der Waals surface area contributed by atoms with Crippen LogP contribution in [0.4, 0.5) is 0 Å². The molecule has 1 saturated heterocycles. The fourth-order valence-electron chi connectivity index (χ4n) is 8.23. The molecule has 45 heavy (non-hydrogen) atoms. The van der Waals surface area contributed by atoms with Crippen LogP contribution in [0.25, 0.3) is 0 Å². The van der Waals surface area contributed by atoms with E-state index in [0.29, 0.717) is 37.0 Å². The molecule has 0 aromatic rings. The summed E-state index contributed by atoms with van der Waals surface area (Å²) in [6.45, 7) is 19.2. The highest BCUT2D eigenvalue weighted by atomic mass is 16.6. The molecule has 0 amide bonds. The fraction of sp³-hybridized carbons (Fsp3) is 0.700. The van der Waals surface area contributed by atoms with Gasteiger partial charge in [-0.1, -0.05) is 121 Å². The highest BCUT2D eigenvalue weighted by Gasteiger charge is 2.74. The van der Waals surface area contributed by atoms with Gasteiger partial charge in [-0.3, -0.25) is 0 Å². The Bertz CT molecular complexity index is 1120. The van der Waals surface area contributed by atoms with Crippen LogP contribution in [-0.2, 0) is 4.74 Å². The summed E-state index contributed by atoms with van der Waals surface area (Å²) >= 11 is 0. The minimum Gasteiger partial charge on any atom is -0.395 e. The lowest BCUT2D eigenvalue weighted by Gasteiger charge is -2.48. The van der Waals surface area contributed by atoms with Crippen LogP contribution in [0.15, 0.2) is 72.9 Å². The van der Waals surface area contributed by atoms with Gasteiger partial charge in [-0.25, -0.2) is 0 Å². The van der Waals surface area contributed by atoms with Crippen LogP contribution in [-0.4, -0.2) is 56.0 Å². The van der Waals surface area contributed by atoms with Gasteiger partial charge in [0, 0.05) is 30.1 Å². The number of aliphatic hydroxyl groups excluding tert-OH is 3. The number of rotatable bonds is 14. The highest BCUT2D eigenvalue weighted by molar-refractivity contribution is 5.32. The number of ether oxygens (including phenoxy) is 1. The summed E-state index contributed by atoms with van der Waals surface area (Å²) in [6.07, 6.45) is 29.6. The van der Waals surface area contributed by atoms with Gasteiger partial charge in [-0.05, 0) is 62.7 Å². The molecule has 2 aliphatic carbocycles. The molecule has 0 radical (unpaired) electrons. The zero-order valence-corrected chi connectivity index (χ0v) is 29.6. The average molecular weight is 625 g/mol. The third kappa shape index (κ3) is 9.64. The molecule has 3 aliphatic rings. The quantitative estimate of drug-likeness (QED) is 0.0897. The third-order valence-corrected chi connectivity index (χ3v) is 10.7. The smallest absolute Gasteiger partial charge is 0.121 e. The lowest BCUT2D eigenvalue weighted by Crippen LogP contribution is -2.50. The van der Waals surface area contributed by atoms with Crippen LogP contribution in [0.3, 0.4) is 0 Å². The maximum Gasteiger partial charge on any atom is 0.121 e. The first-order valence-electron chi connectivity index (χ1n) is 17.3. The van der Waals surface area contributed by atoms with Crippen LogP contribution >= 0.6 is 0 Å². The van der Waals surface area contributed by atoms with Gasteiger partial charge in [-0.2, -0.15) is 0 Å². The van der Waals surface area contributed by atoms with Crippen LogP contribution < -0.4 is 0 Å². The van der Waals surface area contributed by atoms with E-state index in [4.69, 9.17) is 4.74 Å². The molecule has 0 aromatic carbocycles. The van der Waals surface area contributed by atoms with Gasteiger partial charge in [-0.15, -0.1) is 0 Å². The predicted octanol–water partition coefficient (Wildman–Crippen LogP) is 7.88. The largest absolute Gasteiger partial charge is 0.395 e. The van der Waals surface area contributed by atoms with Crippen molar-refractivity contribution in [3.8, 4) is 0 Å². The zero-order chi connectivity index (χ0) is 33.7. The van der Waals surface area contributed by atoms with E-state index in [1.54, 1.807) is 0 Å². The predicted molar refractivity (Wildman–Crippen MR) is 187 cm³/mol. The van der Waals surface area contributed by atoms with Crippen molar-refractivity contribution >= 4 is 0 Å². The van der Waals surface area contributed by atoms with Crippen molar-refractivity contribution in [2.24, 2.45) is 40.4 Å². The Balaban J connectivity index is 1.40. The summed E-state index contributed by atoms with van der Waals surface area (Å²) < 4.78 is 6.24. The van der Waals surface area contributed by atoms with E-state index >= 15 is 0 Å². The lowest BCUT2D eigenvalue weighted by molar-refractivity contribution is -0.111. The molecule has 0 spiro atoms. The molecule has 0 bridgehead atoms. The number of hydrogen-bond donors (Lipinski definition) is 4. The summed E-state index contributed by atoms with van der Waals surface area (Å²) in [5, 5.41) is 41.4. The van der Waals surface area contributed by atoms with E-state index in [1.807, 2.05) is 6.92 Å². The number of epoxide rings is 1. The van der Waals surface area contributed by atoms with Crippen molar-refractivity contribution in [3.63, 3.8) is 0 Å². The van der Waals surface area contributed by atoms with Gasteiger partial charge >= 0.3 is 0 Å². The Morgan fingerprint density at radius 2 is 1.33 bits per heavy atom. The zero-order valence-electron chi connectivity index (χ0n) is 29.6. The van der Waals surface area contributed by atoms with Crippen molar-refractivity contribution in [3.05, 3.63) is 72.9 Å². The summed E-state index contributed by atoms with van der Waals surface area (Å²) in [5.74, 6) is 1.07. The minimum atomic E-state index is -0.889. The monoisotopic (exact) mass is 624 g/mol. The fourth-order valence-corrected chi connectivity index (χ4v) is 8.23. The normalized spacial score (nSPS) is 37.7. The Kier molecular flexibility index (Phi) is 12.6. The molecule has 10 atom stereocenters. The molecule has 3 rings (SSSR count). The second-order valence-corrected chi connectivity index (χ2v) is 16.4. The molecule has 5 heteroatoms. The Labute approximate surface area is 274 Å². The summed E-state index contributed by atoms with van der Waals surface area (Å²) in [4.78, 5) is 0. The van der Waals surface area contributed by atoms with E-state index < -0.39 is 11.7 Å². The molecule has 3 fully saturated rings.